The molecule has 0 saturated heterocycles. The van der Waals surface area contributed by atoms with Crippen LogP contribution in [0, 0.1) is 12.3 Å². The van der Waals surface area contributed by atoms with Crippen LogP contribution in [0.25, 0.3) is 5.57 Å². The molecule has 0 spiro atoms. The molecule has 2 aromatic carbocycles. The molecular weight excluding hydrogens is 318 g/mol. The summed E-state index contributed by atoms with van der Waals surface area (Å²) in [6, 6.07) is 14.4. The summed E-state index contributed by atoms with van der Waals surface area (Å²) in [4.78, 5) is 0.293. The number of benzene rings is 2. The SMILES string of the molecule is C=C[C@@]1(C)CN(S(=O)(=O)c2ccc(C)cc2)c2ccccc2C1=C. The summed E-state index contributed by atoms with van der Waals surface area (Å²) < 4.78 is 27.9. The molecule has 124 valence electrons. The molecule has 3 rings (SSSR count). The Morgan fingerprint density at radius 3 is 2.38 bits per heavy atom. The van der Waals surface area contributed by atoms with Crippen molar-refractivity contribution in [1.82, 2.24) is 0 Å². The molecule has 24 heavy (non-hydrogen) atoms. The summed E-state index contributed by atoms with van der Waals surface area (Å²) in [6.45, 7) is 12.3. The fraction of sp³-hybridized carbons (Fsp3) is 0.200. The quantitative estimate of drug-likeness (QED) is 0.777. The topological polar surface area (TPSA) is 37.4 Å². The van der Waals surface area contributed by atoms with Crippen LogP contribution in [0.4, 0.5) is 5.69 Å². The molecule has 0 saturated carbocycles. The van der Waals surface area contributed by atoms with E-state index in [4.69, 9.17) is 0 Å². The standard InChI is InChI=1S/C20H21NO2S/c1-5-20(4)14-21(19-9-7-6-8-18(19)16(20)3)24(22,23)17-12-10-15(2)11-13-17/h5-13H,1,3,14H2,2,4H3/t20-/m0/s1. The minimum Gasteiger partial charge on any atom is -0.265 e. The first kappa shape index (κ1) is 16.5. The second-order valence-corrected chi connectivity index (χ2v) is 8.30. The third kappa shape index (κ3) is 2.47. The van der Waals surface area contributed by atoms with Gasteiger partial charge in [0.25, 0.3) is 10.0 Å². The van der Waals surface area contributed by atoms with E-state index >= 15 is 0 Å². The lowest BCUT2D eigenvalue weighted by atomic mass is 9.76. The molecule has 1 heterocycles. The van der Waals surface area contributed by atoms with Gasteiger partial charge < -0.3 is 0 Å². The molecule has 1 aliphatic rings. The van der Waals surface area contributed by atoms with Gasteiger partial charge in [-0.1, -0.05) is 55.5 Å². The summed E-state index contributed by atoms with van der Waals surface area (Å²) in [5.74, 6) is 0. The lowest BCUT2D eigenvalue weighted by Crippen LogP contribution is -2.43. The van der Waals surface area contributed by atoms with Crippen LogP contribution in [0.2, 0.25) is 0 Å². The molecule has 0 unspecified atom stereocenters. The van der Waals surface area contributed by atoms with Crippen molar-refractivity contribution < 1.29 is 8.42 Å². The van der Waals surface area contributed by atoms with Crippen molar-refractivity contribution >= 4 is 21.3 Å². The van der Waals surface area contributed by atoms with Gasteiger partial charge >= 0.3 is 0 Å². The van der Waals surface area contributed by atoms with Gasteiger partial charge in [0.2, 0.25) is 0 Å². The van der Waals surface area contributed by atoms with E-state index in [0.29, 0.717) is 17.1 Å². The van der Waals surface area contributed by atoms with Crippen LogP contribution in [-0.4, -0.2) is 15.0 Å². The zero-order chi connectivity index (χ0) is 17.5. The van der Waals surface area contributed by atoms with E-state index in [2.05, 4.69) is 13.2 Å². The van der Waals surface area contributed by atoms with Crippen molar-refractivity contribution in [1.29, 1.82) is 0 Å². The Balaban J connectivity index is 2.20. The van der Waals surface area contributed by atoms with Gasteiger partial charge in [-0.25, -0.2) is 8.42 Å². The summed E-state index contributed by atoms with van der Waals surface area (Å²) in [5, 5.41) is 0. The molecule has 0 amide bonds. The van der Waals surface area contributed by atoms with Gasteiger partial charge in [-0.15, -0.1) is 6.58 Å². The Hall–Kier alpha value is -2.33. The largest absolute Gasteiger partial charge is 0.265 e. The Morgan fingerprint density at radius 1 is 1.12 bits per heavy atom. The van der Waals surface area contributed by atoms with Crippen molar-refractivity contribution in [2.75, 3.05) is 10.8 Å². The molecule has 0 N–H and O–H groups in total. The third-order valence-corrected chi connectivity index (χ3v) is 6.49. The lowest BCUT2D eigenvalue weighted by Gasteiger charge is -2.41. The molecular formula is C20H21NO2S. The highest BCUT2D eigenvalue weighted by atomic mass is 32.2. The number of nitrogens with zero attached hydrogens (tertiary/aromatic N) is 1. The highest BCUT2D eigenvalue weighted by Gasteiger charge is 2.40. The number of fused-ring (bicyclic) bond motifs is 1. The highest BCUT2D eigenvalue weighted by Crippen LogP contribution is 2.46. The van der Waals surface area contributed by atoms with Crippen LogP contribution in [0.3, 0.4) is 0 Å². The Labute approximate surface area is 144 Å². The molecule has 0 aromatic heterocycles. The lowest BCUT2D eigenvalue weighted by molar-refractivity contribution is 0.548. The maximum absolute atomic E-state index is 13.2. The minimum absolute atomic E-state index is 0.293. The van der Waals surface area contributed by atoms with E-state index in [9.17, 15) is 8.42 Å². The number of anilines is 1. The van der Waals surface area contributed by atoms with E-state index < -0.39 is 15.4 Å². The first-order chi connectivity index (χ1) is 11.3. The van der Waals surface area contributed by atoms with Gasteiger partial charge in [-0.05, 0) is 30.7 Å². The fourth-order valence-electron chi connectivity index (χ4n) is 2.97. The van der Waals surface area contributed by atoms with E-state index in [1.807, 2.05) is 50.2 Å². The van der Waals surface area contributed by atoms with Crippen LogP contribution in [-0.2, 0) is 10.0 Å². The Bertz CT molecular complexity index is 913. The van der Waals surface area contributed by atoms with Crippen molar-refractivity contribution in [2.45, 2.75) is 18.7 Å². The number of sulfonamides is 1. The normalized spacial score (nSPS) is 20.6. The smallest absolute Gasteiger partial charge is 0.264 e. The maximum Gasteiger partial charge on any atom is 0.264 e. The predicted molar refractivity (Wildman–Crippen MR) is 99.5 cm³/mol. The van der Waals surface area contributed by atoms with E-state index in [0.717, 1.165) is 16.7 Å². The van der Waals surface area contributed by atoms with Gasteiger partial charge in [0, 0.05) is 17.5 Å². The predicted octanol–water partition coefficient (Wildman–Crippen LogP) is 4.41. The summed E-state index contributed by atoms with van der Waals surface area (Å²) in [6.07, 6.45) is 1.78. The van der Waals surface area contributed by atoms with Crippen molar-refractivity contribution in [3.05, 3.63) is 78.9 Å². The maximum atomic E-state index is 13.2. The number of aryl methyl sites for hydroxylation is 1. The summed E-state index contributed by atoms with van der Waals surface area (Å²) >= 11 is 0. The molecule has 1 atom stereocenters. The molecule has 1 aliphatic heterocycles. The number of hydrogen-bond acceptors (Lipinski definition) is 2. The average Bonchev–Trinajstić information content (AvgIpc) is 2.58. The van der Waals surface area contributed by atoms with Gasteiger partial charge in [0.15, 0.2) is 0 Å². The summed E-state index contributed by atoms with van der Waals surface area (Å²) in [7, 11) is -3.65. The molecule has 0 aliphatic carbocycles. The Kier molecular flexibility index (Phi) is 3.88. The third-order valence-electron chi connectivity index (χ3n) is 4.72. The molecule has 3 nitrogen and oxygen atoms in total. The number of rotatable bonds is 3. The fourth-order valence-corrected chi connectivity index (χ4v) is 4.56. The Morgan fingerprint density at radius 2 is 1.75 bits per heavy atom. The molecule has 0 bridgehead atoms. The van der Waals surface area contributed by atoms with Gasteiger partial charge in [0.05, 0.1) is 10.6 Å². The average molecular weight is 339 g/mol. The van der Waals surface area contributed by atoms with Crippen molar-refractivity contribution in [2.24, 2.45) is 5.41 Å². The molecule has 0 radical (unpaired) electrons. The van der Waals surface area contributed by atoms with Crippen LogP contribution in [0.1, 0.15) is 18.1 Å². The second kappa shape index (κ2) is 5.64. The minimum atomic E-state index is -3.65. The molecule has 4 heteroatoms. The molecule has 0 fully saturated rings. The van der Waals surface area contributed by atoms with Crippen molar-refractivity contribution in [3.63, 3.8) is 0 Å². The van der Waals surface area contributed by atoms with E-state index in [-0.39, 0.29) is 0 Å². The number of hydrogen-bond donors (Lipinski definition) is 0. The number of para-hydroxylation sites is 1. The van der Waals surface area contributed by atoms with Crippen molar-refractivity contribution in [3.8, 4) is 0 Å². The first-order valence-corrected chi connectivity index (χ1v) is 9.25. The van der Waals surface area contributed by atoms with Crippen LogP contribution in [0.15, 0.2) is 72.7 Å². The van der Waals surface area contributed by atoms with E-state index in [1.165, 1.54) is 4.31 Å². The van der Waals surface area contributed by atoms with Crippen LogP contribution in [0.5, 0.6) is 0 Å². The van der Waals surface area contributed by atoms with Gasteiger partial charge in [-0.2, -0.15) is 0 Å². The van der Waals surface area contributed by atoms with Crippen LogP contribution >= 0.6 is 0 Å². The first-order valence-electron chi connectivity index (χ1n) is 7.81. The summed E-state index contributed by atoms with van der Waals surface area (Å²) in [5.41, 5.74) is 2.93. The zero-order valence-corrected chi connectivity index (χ0v) is 14.8. The van der Waals surface area contributed by atoms with E-state index in [1.54, 1.807) is 18.2 Å². The second-order valence-electron chi connectivity index (χ2n) is 6.44. The van der Waals surface area contributed by atoms with Gasteiger partial charge in [0.1, 0.15) is 0 Å². The van der Waals surface area contributed by atoms with Crippen LogP contribution < -0.4 is 4.31 Å². The van der Waals surface area contributed by atoms with Gasteiger partial charge in [-0.3, -0.25) is 4.31 Å². The zero-order valence-electron chi connectivity index (χ0n) is 14.0. The monoisotopic (exact) mass is 339 g/mol. The molecule has 2 aromatic rings. The highest BCUT2D eigenvalue weighted by molar-refractivity contribution is 7.92.